The first-order valence-electron chi connectivity index (χ1n) is 8.30. The van der Waals surface area contributed by atoms with Crippen molar-refractivity contribution in [2.24, 2.45) is 5.92 Å². The molecule has 2 atom stereocenters. The second-order valence-corrected chi connectivity index (χ2v) is 5.92. The van der Waals surface area contributed by atoms with E-state index in [1.165, 1.54) is 37.7 Å². The van der Waals surface area contributed by atoms with Crippen LogP contribution in [0.5, 0.6) is 5.75 Å². The van der Waals surface area contributed by atoms with Gasteiger partial charge in [0.2, 0.25) is 0 Å². The van der Waals surface area contributed by atoms with Gasteiger partial charge in [-0.2, -0.15) is 0 Å². The molecule has 1 aromatic carbocycles. The van der Waals surface area contributed by atoms with Crippen LogP contribution < -0.4 is 10.1 Å². The summed E-state index contributed by atoms with van der Waals surface area (Å²) in [5, 5.41) is 3.17. The summed E-state index contributed by atoms with van der Waals surface area (Å²) in [5.74, 6) is 1.83. The van der Waals surface area contributed by atoms with E-state index in [1.54, 1.807) is 0 Å². The predicted molar refractivity (Wildman–Crippen MR) is 86.7 cm³/mol. The number of rotatable bonds is 8. The first-order valence-corrected chi connectivity index (χ1v) is 8.30. The lowest BCUT2D eigenvalue weighted by molar-refractivity contribution is -0.000765. The maximum Gasteiger partial charge on any atom is 0.123 e. The molecule has 21 heavy (non-hydrogen) atoms. The summed E-state index contributed by atoms with van der Waals surface area (Å²) in [5.41, 5.74) is 1.20. The standard InChI is InChI=1S/C18H29NO2/c1-3-15-7-6-9-17(13-15)20-11-12-21-18-10-5-4-8-16(18)14-19-2/h4-5,8,10,15,17,19H,3,6-7,9,11-14H2,1-2H3. The van der Waals surface area contributed by atoms with Gasteiger partial charge in [-0.05, 0) is 31.9 Å². The van der Waals surface area contributed by atoms with Gasteiger partial charge in [-0.1, -0.05) is 44.4 Å². The topological polar surface area (TPSA) is 30.5 Å². The van der Waals surface area contributed by atoms with Gasteiger partial charge >= 0.3 is 0 Å². The Morgan fingerprint density at radius 1 is 1.19 bits per heavy atom. The van der Waals surface area contributed by atoms with E-state index in [0.29, 0.717) is 19.3 Å². The summed E-state index contributed by atoms with van der Waals surface area (Å²) in [7, 11) is 1.95. The van der Waals surface area contributed by atoms with Gasteiger partial charge in [-0.15, -0.1) is 0 Å². The first kappa shape index (κ1) is 16.3. The molecule has 0 heterocycles. The van der Waals surface area contributed by atoms with Crippen molar-refractivity contribution in [3.05, 3.63) is 29.8 Å². The van der Waals surface area contributed by atoms with Gasteiger partial charge in [0, 0.05) is 12.1 Å². The summed E-state index contributed by atoms with van der Waals surface area (Å²) in [4.78, 5) is 0. The van der Waals surface area contributed by atoms with Gasteiger partial charge in [-0.3, -0.25) is 0 Å². The monoisotopic (exact) mass is 291 g/mol. The van der Waals surface area contributed by atoms with E-state index in [9.17, 15) is 0 Å². The summed E-state index contributed by atoms with van der Waals surface area (Å²) in [6.45, 7) is 4.44. The normalized spacial score (nSPS) is 22.2. The predicted octanol–water partition coefficient (Wildman–Crippen LogP) is 3.77. The highest BCUT2D eigenvalue weighted by Gasteiger charge is 2.20. The van der Waals surface area contributed by atoms with Crippen molar-refractivity contribution in [3.8, 4) is 5.75 Å². The minimum atomic E-state index is 0.444. The van der Waals surface area contributed by atoms with E-state index in [1.807, 2.05) is 25.2 Å². The van der Waals surface area contributed by atoms with E-state index < -0.39 is 0 Å². The molecule has 1 aliphatic carbocycles. The quantitative estimate of drug-likeness (QED) is 0.740. The first-order chi connectivity index (χ1) is 10.3. The Morgan fingerprint density at radius 2 is 2.05 bits per heavy atom. The molecule has 0 radical (unpaired) electrons. The summed E-state index contributed by atoms with van der Waals surface area (Å²) < 4.78 is 11.9. The maximum absolute atomic E-state index is 6.00. The Morgan fingerprint density at radius 3 is 2.86 bits per heavy atom. The highest BCUT2D eigenvalue weighted by molar-refractivity contribution is 5.33. The lowest BCUT2D eigenvalue weighted by Crippen LogP contribution is -2.24. The van der Waals surface area contributed by atoms with E-state index in [0.717, 1.165) is 18.2 Å². The van der Waals surface area contributed by atoms with Crippen LogP contribution in [-0.2, 0) is 11.3 Å². The number of hydrogen-bond acceptors (Lipinski definition) is 3. The van der Waals surface area contributed by atoms with Crippen molar-refractivity contribution in [2.75, 3.05) is 20.3 Å². The average Bonchev–Trinajstić information content (AvgIpc) is 2.53. The number of hydrogen-bond donors (Lipinski definition) is 1. The van der Waals surface area contributed by atoms with Crippen LogP contribution in [0.4, 0.5) is 0 Å². The van der Waals surface area contributed by atoms with Crippen molar-refractivity contribution in [1.29, 1.82) is 0 Å². The minimum absolute atomic E-state index is 0.444. The smallest absolute Gasteiger partial charge is 0.123 e. The zero-order chi connectivity index (χ0) is 14.9. The van der Waals surface area contributed by atoms with Gasteiger partial charge in [0.25, 0.3) is 0 Å². The number of benzene rings is 1. The fourth-order valence-electron chi connectivity index (χ4n) is 3.11. The third kappa shape index (κ3) is 5.33. The number of para-hydroxylation sites is 1. The van der Waals surface area contributed by atoms with Crippen LogP contribution in [0, 0.1) is 5.92 Å². The molecule has 0 aliphatic heterocycles. The van der Waals surface area contributed by atoms with E-state index in [-0.39, 0.29) is 0 Å². The molecule has 0 amide bonds. The average molecular weight is 291 g/mol. The fraction of sp³-hybridized carbons (Fsp3) is 0.667. The minimum Gasteiger partial charge on any atom is -0.491 e. The van der Waals surface area contributed by atoms with Crippen molar-refractivity contribution < 1.29 is 9.47 Å². The molecule has 1 fully saturated rings. The van der Waals surface area contributed by atoms with Crippen LogP contribution in [-0.4, -0.2) is 26.4 Å². The molecular formula is C18H29NO2. The Hall–Kier alpha value is -1.06. The van der Waals surface area contributed by atoms with Gasteiger partial charge in [-0.25, -0.2) is 0 Å². The highest BCUT2D eigenvalue weighted by Crippen LogP contribution is 2.28. The number of nitrogens with one attached hydrogen (secondary N) is 1. The molecule has 1 saturated carbocycles. The Bertz CT molecular complexity index is 408. The summed E-state index contributed by atoms with van der Waals surface area (Å²) >= 11 is 0. The molecule has 3 nitrogen and oxygen atoms in total. The van der Waals surface area contributed by atoms with Gasteiger partial charge < -0.3 is 14.8 Å². The molecule has 1 aliphatic rings. The zero-order valence-electron chi connectivity index (χ0n) is 13.4. The maximum atomic E-state index is 6.00. The van der Waals surface area contributed by atoms with Crippen molar-refractivity contribution in [1.82, 2.24) is 5.32 Å². The Labute approximate surface area is 129 Å². The molecule has 0 bridgehead atoms. The van der Waals surface area contributed by atoms with Crippen LogP contribution in [0.2, 0.25) is 0 Å². The summed E-state index contributed by atoms with van der Waals surface area (Å²) in [6.07, 6.45) is 6.87. The molecule has 0 saturated heterocycles. The molecule has 118 valence electrons. The third-order valence-corrected chi connectivity index (χ3v) is 4.35. The Kier molecular flexibility index (Phi) is 7.04. The fourth-order valence-corrected chi connectivity index (χ4v) is 3.11. The zero-order valence-corrected chi connectivity index (χ0v) is 13.4. The molecule has 0 aromatic heterocycles. The van der Waals surface area contributed by atoms with Crippen molar-refractivity contribution in [3.63, 3.8) is 0 Å². The van der Waals surface area contributed by atoms with Crippen LogP contribution in [0.3, 0.4) is 0 Å². The van der Waals surface area contributed by atoms with Crippen molar-refractivity contribution in [2.45, 2.75) is 51.7 Å². The molecular weight excluding hydrogens is 262 g/mol. The van der Waals surface area contributed by atoms with Gasteiger partial charge in [0.15, 0.2) is 0 Å². The van der Waals surface area contributed by atoms with Crippen LogP contribution >= 0.6 is 0 Å². The third-order valence-electron chi connectivity index (χ3n) is 4.35. The SMILES string of the molecule is CCC1CCCC(OCCOc2ccccc2CNC)C1. The molecule has 0 spiro atoms. The molecule has 2 rings (SSSR count). The highest BCUT2D eigenvalue weighted by atomic mass is 16.5. The lowest BCUT2D eigenvalue weighted by atomic mass is 9.85. The molecule has 2 unspecified atom stereocenters. The molecule has 1 aromatic rings. The largest absolute Gasteiger partial charge is 0.491 e. The lowest BCUT2D eigenvalue weighted by Gasteiger charge is -2.28. The van der Waals surface area contributed by atoms with Gasteiger partial charge in [0.05, 0.1) is 12.7 Å². The number of ether oxygens (including phenoxy) is 2. The molecule has 1 N–H and O–H groups in total. The Balaban J connectivity index is 1.70. The van der Waals surface area contributed by atoms with Gasteiger partial charge in [0.1, 0.15) is 12.4 Å². The van der Waals surface area contributed by atoms with E-state index in [4.69, 9.17) is 9.47 Å². The second-order valence-electron chi connectivity index (χ2n) is 5.92. The van der Waals surface area contributed by atoms with Crippen LogP contribution in [0.15, 0.2) is 24.3 Å². The van der Waals surface area contributed by atoms with Crippen LogP contribution in [0.25, 0.3) is 0 Å². The van der Waals surface area contributed by atoms with Crippen LogP contribution in [0.1, 0.15) is 44.6 Å². The van der Waals surface area contributed by atoms with E-state index >= 15 is 0 Å². The van der Waals surface area contributed by atoms with E-state index in [2.05, 4.69) is 18.3 Å². The molecule has 3 heteroatoms. The second kappa shape index (κ2) is 9.06. The summed E-state index contributed by atoms with van der Waals surface area (Å²) in [6, 6.07) is 8.19. The van der Waals surface area contributed by atoms with Crippen molar-refractivity contribution >= 4 is 0 Å².